The molecule has 6 heteroatoms. The zero-order chi connectivity index (χ0) is 14.5. The van der Waals surface area contributed by atoms with E-state index < -0.39 is 6.04 Å². The monoisotopic (exact) mass is 295 g/mol. The fourth-order valence-corrected chi connectivity index (χ4v) is 3.03. The standard InChI is InChI=1S/C14H21N3O2S/c1-10(16-13(18)12-4-3-9-20-12)14(19)17-7-5-11(15-2)6-8-17/h3-4,9-11,15H,5-8H2,1-2H3,(H,16,18). The van der Waals surface area contributed by atoms with E-state index >= 15 is 0 Å². The summed E-state index contributed by atoms with van der Waals surface area (Å²) in [5.41, 5.74) is 0. The molecule has 20 heavy (non-hydrogen) atoms. The maximum atomic E-state index is 12.3. The number of nitrogens with zero attached hydrogens (tertiary/aromatic N) is 1. The van der Waals surface area contributed by atoms with Crippen LogP contribution in [0, 0.1) is 0 Å². The van der Waals surface area contributed by atoms with E-state index in [9.17, 15) is 9.59 Å². The highest BCUT2D eigenvalue weighted by atomic mass is 32.1. The van der Waals surface area contributed by atoms with Gasteiger partial charge in [-0.2, -0.15) is 0 Å². The van der Waals surface area contributed by atoms with E-state index in [-0.39, 0.29) is 11.8 Å². The summed E-state index contributed by atoms with van der Waals surface area (Å²) in [6.45, 7) is 3.26. The van der Waals surface area contributed by atoms with E-state index in [2.05, 4.69) is 10.6 Å². The highest BCUT2D eigenvalue weighted by molar-refractivity contribution is 7.12. The number of carbonyl (C=O) groups is 2. The van der Waals surface area contributed by atoms with Crippen LogP contribution in [0.15, 0.2) is 17.5 Å². The Morgan fingerprint density at radius 3 is 2.65 bits per heavy atom. The number of likely N-dealkylation sites (tertiary alicyclic amines) is 1. The highest BCUT2D eigenvalue weighted by Crippen LogP contribution is 2.12. The summed E-state index contributed by atoms with van der Waals surface area (Å²) in [6.07, 6.45) is 1.93. The van der Waals surface area contributed by atoms with Gasteiger partial charge in [0.05, 0.1) is 4.88 Å². The zero-order valence-corrected chi connectivity index (χ0v) is 12.7. The van der Waals surface area contributed by atoms with E-state index in [0.717, 1.165) is 25.9 Å². The molecule has 110 valence electrons. The summed E-state index contributed by atoms with van der Waals surface area (Å²) in [6, 6.07) is 3.61. The van der Waals surface area contributed by atoms with Crippen molar-refractivity contribution in [3.8, 4) is 0 Å². The fourth-order valence-electron chi connectivity index (χ4n) is 2.40. The summed E-state index contributed by atoms with van der Waals surface area (Å²) in [5, 5.41) is 7.86. The zero-order valence-electron chi connectivity index (χ0n) is 11.9. The third-order valence-electron chi connectivity index (χ3n) is 3.68. The summed E-state index contributed by atoms with van der Waals surface area (Å²) >= 11 is 1.38. The van der Waals surface area contributed by atoms with E-state index in [1.54, 1.807) is 13.0 Å². The lowest BCUT2D eigenvalue weighted by Crippen LogP contribution is -2.51. The number of amides is 2. The largest absolute Gasteiger partial charge is 0.341 e. The third-order valence-corrected chi connectivity index (χ3v) is 4.55. The molecule has 1 atom stereocenters. The van der Waals surface area contributed by atoms with Crippen molar-refractivity contribution >= 4 is 23.2 Å². The SMILES string of the molecule is CNC1CCN(C(=O)C(C)NC(=O)c2cccs2)CC1. The third kappa shape index (κ3) is 3.58. The maximum Gasteiger partial charge on any atom is 0.261 e. The Kier molecular flexibility index (Phi) is 5.14. The molecule has 1 aliphatic rings. The van der Waals surface area contributed by atoms with Crippen LogP contribution in [0.4, 0.5) is 0 Å². The Morgan fingerprint density at radius 1 is 1.40 bits per heavy atom. The Morgan fingerprint density at radius 2 is 2.10 bits per heavy atom. The van der Waals surface area contributed by atoms with Gasteiger partial charge in [-0.1, -0.05) is 6.07 Å². The molecule has 0 aromatic carbocycles. The van der Waals surface area contributed by atoms with Gasteiger partial charge in [0, 0.05) is 19.1 Å². The second kappa shape index (κ2) is 6.85. The molecule has 1 fully saturated rings. The minimum atomic E-state index is -0.476. The molecule has 0 bridgehead atoms. The van der Waals surface area contributed by atoms with Crippen LogP contribution < -0.4 is 10.6 Å². The van der Waals surface area contributed by atoms with E-state index in [4.69, 9.17) is 0 Å². The molecule has 1 aromatic heterocycles. The predicted octanol–water partition coefficient (Wildman–Crippen LogP) is 1.08. The van der Waals surface area contributed by atoms with Gasteiger partial charge in [0.15, 0.2) is 0 Å². The van der Waals surface area contributed by atoms with Crippen molar-refractivity contribution in [3.63, 3.8) is 0 Å². The van der Waals surface area contributed by atoms with Crippen LogP contribution in [-0.4, -0.2) is 48.9 Å². The molecule has 2 heterocycles. The van der Waals surface area contributed by atoms with Crippen LogP contribution in [0.1, 0.15) is 29.4 Å². The van der Waals surface area contributed by atoms with Crippen molar-refractivity contribution in [2.75, 3.05) is 20.1 Å². The van der Waals surface area contributed by atoms with Crippen molar-refractivity contribution < 1.29 is 9.59 Å². The van der Waals surface area contributed by atoms with Crippen LogP contribution in [-0.2, 0) is 4.79 Å². The minimum absolute atomic E-state index is 0.00413. The normalized spacial score (nSPS) is 17.8. The summed E-state index contributed by atoms with van der Waals surface area (Å²) in [7, 11) is 1.95. The Labute approximate surface area is 123 Å². The lowest BCUT2D eigenvalue weighted by molar-refractivity contribution is -0.133. The highest BCUT2D eigenvalue weighted by Gasteiger charge is 2.26. The van der Waals surface area contributed by atoms with E-state index in [1.165, 1.54) is 11.3 Å². The van der Waals surface area contributed by atoms with Crippen molar-refractivity contribution in [2.24, 2.45) is 0 Å². The molecule has 2 N–H and O–H groups in total. The summed E-state index contributed by atoms with van der Waals surface area (Å²) in [4.78, 5) is 26.7. The van der Waals surface area contributed by atoms with Crippen LogP contribution in [0.2, 0.25) is 0 Å². The maximum absolute atomic E-state index is 12.3. The second-order valence-electron chi connectivity index (χ2n) is 5.06. The minimum Gasteiger partial charge on any atom is -0.341 e. The average Bonchev–Trinajstić information content (AvgIpc) is 3.01. The van der Waals surface area contributed by atoms with Crippen LogP contribution in [0.3, 0.4) is 0 Å². The molecule has 1 saturated heterocycles. The molecular formula is C14H21N3O2S. The summed E-state index contributed by atoms with van der Waals surface area (Å²) < 4.78 is 0. The molecule has 1 unspecified atom stereocenters. The van der Waals surface area contributed by atoms with Crippen LogP contribution in [0.25, 0.3) is 0 Å². The van der Waals surface area contributed by atoms with Crippen molar-refractivity contribution in [2.45, 2.75) is 31.8 Å². The molecule has 1 aliphatic heterocycles. The number of rotatable bonds is 4. The first kappa shape index (κ1) is 15.0. The molecule has 0 aliphatic carbocycles. The van der Waals surface area contributed by atoms with Gasteiger partial charge >= 0.3 is 0 Å². The van der Waals surface area contributed by atoms with Gasteiger partial charge in [0.2, 0.25) is 5.91 Å². The van der Waals surface area contributed by atoms with Gasteiger partial charge in [-0.25, -0.2) is 0 Å². The Balaban J connectivity index is 1.85. The first-order chi connectivity index (χ1) is 9.61. The topological polar surface area (TPSA) is 61.4 Å². The van der Waals surface area contributed by atoms with Gasteiger partial charge < -0.3 is 15.5 Å². The second-order valence-corrected chi connectivity index (χ2v) is 6.01. The molecule has 2 amide bonds. The average molecular weight is 295 g/mol. The first-order valence-corrected chi connectivity index (χ1v) is 7.80. The van der Waals surface area contributed by atoms with Gasteiger partial charge in [0.25, 0.3) is 5.91 Å². The molecule has 0 radical (unpaired) electrons. The Hall–Kier alpha value is -1.40. The van der Waals surface area contributed by atoms with E-state index in [1.807, 2.05) is 23.4 Å². The fraction of sp³-hybridized carbons (Fsp3) is 0.571. The molecule has 1 aromatic rings. The lowest BCUT2D eigenvalue weighted by Gasteiger charge is -2.33. The Bertz CT molecular complexity index is 453. The summed E-state index contributed by atoms with van der Waals surface area (Å²) in [5.74, 6) is -0.171. The number of piperidine rings is 1. The molecule has 0 saturated carbocycles. The number of hydrogen-bond donors (Lipinski definition) is 2. The molecule has 5 nitrogen and oxygen atoms in total. The molecule has 0 spiro atoms. The van der Waals surface area contributed by atoms with Crippen LogP contribution >= 0.6 is 11.3 Å². The number of hydrogen-bond acceptors (Lipinski definition) is 4. The van der Waals surface area contributed by atoms with Gasteiger partial charge in [-0.15, -0.1) is 11.3 Å². The van der Waals surface area contributed by atoms with Gasteiger partial charge in [-0.05, 0) is 38.3 Å². The number of carbonyl (C=O) groups excluding carboxylic acids is 2. The predicted molar refractivity (Wildman–Crippen MR) is 79.9 cm³/mol. The number of nitrogens with one attached hydrogen (secondary N) is 2. The van der Waals surface area contributed by atoms with Crippen molar-refractivity contribution in [3.05, 3.63) is 22.4 Å². The van der Waals surface area contributed by atoms with E-state index in [0.29, 0.717) is 10.9 Å². The van der Waals surface area contributed by atoms with Crippen molar-refractivity contribution in [1.29, 1.82) is 0 Å². The van der Waals surface area contributed by atoms with Gasteiger partial charge in [0.1, 0.15) is 6.04 Å². The first-order valence-electron chi connectivity index (χ1n) is 6.92. The quantitative estimate of drug-likeness (QED) is 0.874. The van der Waals surface area contributed by atoms with Crippen molar-refractivity contribution in [1.82, 2.24) is 15.5 Å². The molecular weight excluding hydrogens is 274 g/mol. The number of thiophene rings is 1. The lowest BCUT2D eigenvalue weighted by atomic mass is 10.0. The smallest absolute Gasteiger partial charge is 0.261 e. The van der Waals surface area contributed by atoms with Crippen LogP contribution in [0.5, 0.6) is 0 Å². The molecule has 2 rings (SSSR count). The van der Waals surface area contributed by atoms with Gasteiger partial charge in [-0.3, -0.25) is 9.59 Å².